The van der Waals surface area contributed by atoms with Crippen molar-refractivity contribution in [3.8, 4) is 11.5 Å². The monoisotopic (exact) mass is 382 g/mol. The molecule has 0 fully saturated rings. The molecule has 1 atom stereocenters. The molecular formula is C24H34N2O2. The first-order valence-electron chi connectivity index (χ1n) is 9.82. The summed E-state index contributed by atoms with van der Waals surface area (Å²) in [5, 5.41) is 3.43. The molecule has 0 heterocycles. The molecule has 0 aliphatic carbocycles. The van der Waals surface area contributed by atoms with Crippen LogP contribution >= 0.6 is 0 Å². The first kappa shape index (κ1) is 23.3. The zero-order valence-corrected chi connectivity index (χ0v) is 18.3. The Hall–Kier alpha value is -2.75. The number of methoxy groups -OCH3 is 2. The highest BCUT2D eigenvalue weighted by molar-refractivity contribution is 6.10. The number of ether oxygens (including phenoxy) is 2. The van der Waals surface area contributed by atoms with Gasteiger partial charge in [-0.1, -0.05) is 46.4 Å². The first-order valence-corrected chi connectivity index (χ1v) is 9.82. The Kier molecular flexibility index (Phi) is 9.86. The van der Waals surface area contributed by atoms with Gasteiger partial charge in [0.1, 0.15) is 5.84 Å². The minimum absolute atomic E-state index is 0.346. The maximum atomic E-state index is 5.51. The molecule has 28 heavy (non-hydrogen) atoms. The minimum Gasteiger partial charge on any atom is -0.493 e. The lowest BCUT2D eigenvalue weighted by Gasteiger charge is -2.20. The largest absolute Gasteiger partial charge is 0.493 e. The molecule has 0 amide bonds. The minimum atomic E-state index is 0.346. The molecule has 0 saturated carbocycles. The van der Waals surface area contributed by atoms with Gasteiger partial charge in [-0.05, 0) is 54.7 Å². The van der Waals surface area contributed by atoms with Crippen LogP contribution in [0.1, 0.15) is 56.7 Å². The lowest BCUT2D eigenvalue weighted by atomic mass is 9.92. The third-order valence-electron chi connectivity index (χ3n) is 4.46. The van der Waals surface area contributed by atoms with Crippen molar-refractivity contribution in [1.82, 2.24) is 0 Å². The number of benzene rings is 2. The average molecular weight is 383 g/mol. The van der Waals surface area contributed by atoms with Gasteiger partial charge in [-0.3, -0.25) is 0 Å². The van der Waals surface area contributed by atoms with Crippen molar-refractivity contribution < 1.29 is 9.47 Å². The van der Waals surface area contributed by atoms with Gasteiger partial charge < -0.3 is 14.8 Å². The van der Waals surface area contributed by atoms with Gasteiger partial charge in [0, 0.05) is 17.5 Å². The van der Waals surface area contributed by atoms with Crippen LogP contribution in [0, 0.1) is 6.92 Å². The molecule has 0 radical (unpaired) electrons. The van der Waals surface area contributed by atoms with E-state index in [4.69, 9.17) is 9.47 Å². The summed E-state index contributed by atoms with van der Waals surface area (Å²) < 4.78 is 11.0. The van der Waals surface area contributed by atoms with Crippen LogP contribution in [0.25, 0.3) is 0 Å². The van der Waals surface area contributed by atoms with E-state index in [9.17, 15) is 0 Å². The number of hydrogen-bond acceptors (Lipinski definition) is 3. The fraction of sp³-hybridized carbons (Fsp3) is 0.375. The molecule has 2 aromatic rings. The maximum Gasteiger partial charge on any atom is 0.161 e. The van der Waals surface area contributed by atoms with E-state index in [1.54, 1.807) is 20.4 Å². The summed E-state index contributed by atoms with van der Waals surface area (Å²) in [6.45, 7) is 14.2. The van der Waals surface area contributed by atoms with E-state index in [-0.39, 0.29) is 0 Å². The van der Waals surface area contributed by atoms with Gasteiger partial charge in [-0.25, -0.2) is 4.99 Å². The SMILES string of the molecule is C=CN=C(Nc1cccc(C)c1)c1cc(OC)c(OC)cc1C(C)CC.CC. The lowest BCUT2D eigenvalue weighted by molar-refractivity contribution is 0.354. The highest BCUT2D eigenvalue weighted by Gasteiger charge is 2.19. The van der Waals surface area contributed by atoms with Crippen molar-refractivity contribution in [2.45, 2.75) is 47.0 Å². The van der Waals surface area contributed by atoms with Crippen LogP contribution < -0.4 is 14.8 Å². The van der Waals surface area contributed by atoms with Gasteiger partial charge in [0.25, 0.3) is 0 Å². The maximum absolute atomic E-state index is 5.51. The molecule has 1 unspecified atom stereocenters. The summed E-state index contributed by atoms with van der Waals surface area (Å²) in [6, 6.07) is 12.2. The number of aliphatic imine (C=N–C) groups is 1. The zero-order valence-electron chi connectivity index (χ0n) is 18.3. The topological polar surface area (TPSA) is 42.9 Å². The molecule has 4 heteroatoms. The van der Waals surface area contributed by atoms with Gasteiger partial charge in [-0.2, -0.15) is 0 Å². The van der Waals surface area contributed by atoms with Crippen molar-refractivity contribution in [2.24, 2.45) is 4.99 Å². The molecule has 0 saturated heterocycles. The third kappa shape index (κ3) is 5.88. The van der Waals surface area contributed by atoms with Crippen LogP contribution in [0.5, 0.6) is 11.5 Å². The van der Waals surface area contributed by atoms with Crippen molar-refractivity contribution in [3.05, 3.63) is 65.9 Å². The quantitative estimate of drug-likeness (QED) is 0.436. The second-order valence-corrected chi connectivity index (χ2v) is 6.26. The highest BCUT2D eigenvalue weighted by Crippen LogP contribution is 2.35. The predicted octanol–water partition coefficient (Wildman–Crippen LogP) is 6.55. The van der Waals surface area contributed by atoms with E-state index >= 15 is 0 Å². The van der Waals surface area contributed by atoms with Gasteiger partial charge in [0.05, 0.1) is 14.2 Å². The molecule has 0 spiro atoms. The van der Waals surface area contributed by atoms with E-state index in [0.717, 1.165) is 34.8 Å². The summed E-state index contributed by atoms with van der Waals surface area (Å²) in [5.41, 5.74) is 4.31. The lowest BCUT2D eigenvalue weighted by Crippen LogP contribution is -2.17. The molecule has 0 aromatic heterocycles. The van der Waals surface area contributed by atoms with Crippen molar-refractivity contribution >= 4 is 11.5 Å². The summed E-state index contributed by atoms with van der Waals surface area (Å²) in [7, 11) is 3.30. The predicted molar refractivity (Wildman–Crippen MR) is 121 cm³/mol. The van der Waals surface area contributed by atoms with Gasteiger partial charge >= 0.3 is 0 Å². The van der Waals surface area contributed by atoms with E-state index in [2.05, 4.69) is 49.8 Å². The third-order valence-corrected chi connectivity index (χ3v) is 4.46. The Balaban J connectivity index is 0.00000190. The summed E-state index contributed by atoms with van der Waals surface area (Å²) in [6.07, 6.45) is 2.56. The second kappa shape index (κ2) is 11.9. The Labute approximate surface area is 170 Å². The van der Waals surface area contributed by atoms with E-state index in [0.29, 0.717) is 11.7 Å². The summed E-state index contributed by atoms with van der Waals surface area (Å²) in [4.78, 5) is 4.50. The van der Waals surface area contributed by atoms with Gasteiger partial charge in [0.2, 0.25) is 0 Å². The number of nitrogens with zero attached hydrogens (tertiary/aromatic N) is 1. The molecule has 152 valence electrons. The second-order valence-electron chi connectivity index (χ2n) is 6.26. The molecule has 2 aromatic carbocycles. The Morgan fingerprint density at radius 2 is 1.79 bits per heavy atom. The van der Waals surface area contributed by atoms with Crippen molar-refractivity contribution in [1.29, 1.82) is 0 Å². The first-order chi connectivity index (χ1) is 13.5. The molecule has 1 N–H and O–H groups in total. The number of aryl methyl sites for hydroxylation is 1. The Morgan fingerprint density at radius 1 is 1.14 bits per heavy atom. The normalized spacial score (nSPS) is 11.8. The van der Waals surface area contributed by atoms with E-state index in [1.807, 2.05) is 38.1 Å². The Bertz CT molecular complexity index is 797. The van der Waals surface area contributed by atoms with Crippen LogP contribution in [-0.4, -0.2) is 20.1 Å². The summed E-state index contributed by atoms with van der Waals surface area (Å²) in [5.74, 6) is 2.48. The average Bonchev–Trinajstić information content (AvgIpc) is 2.73. The fourth-order valence-corrected chi connectivity index (χ4v) is 2.85. The molecule has 2 rings (SSSR count). The standard InChI is InChI=1S/C22H28N2O2.C2H6/c1-7-16(4)18-13-20(25-5)21(26-6)14-19(18)22(23-8-2)24-17-11-9-10-15(3)12-17;1-2/h8-14,16H,2,7H2,1,3-6H3,(H,23,24);1-2H3. The van der Waals surface area contributed by atoms with Gasteiger partial charge in [0.15, 0.2) is 11.5 Å². The van der Waals surface area contributed by atoms with Crippen LogP contribution in [0.2, 0.25) is 0 Å². The van der Waals surface area contributed by atoms with Crippen LogP contribution in [0.3, 0.4) is 0 Å². The number of hydrogen-bond donors (Lipinski definition) is 1. The van der Waals surface area contributed by atoms with E-state index < -0.39 is 0 Å². The number of amidine groups is 1. The zero-order chi connectivity index (χ0) is 21.1. The van der Waals surface area contributed by atoms with Gasteiger partial charge in [-0.15, -0.1) is 0 Å². The highest BCUT2D eigenvalue weighted by atomic mass is 16.5. The smallest absolute Gasteiger partial charge is 0.161 e. The van der Waals surface area contributed by atoms with Crippen molar-refractivity contribution in [3.63, 3.8) is 0 Å². The molecule has 0 aliphatic rings. The van der Waals surface area contributed by atoms with Crippen LogP contribution in [-0.2, 0) is 0 Å². The number of nitrogens with one attached hydrogen (secondary N) is 1. The van der Waals surface area contributed by atoms with Crippen LogP contribution in [0.4, 0.5) is 5.69 Å². The summed E-state index contributed by atoms with van der Waals surface area (Å²) >= 11 is 0. The fourth-order valence-electron chi connectivity index (χ4n) is 2.85. The number of anilines is 1. The molecule has 0 aliphatic heterocycles. The van der Waals surface area contributed by atoms with E-state index in [1.165, 1.54) is 5.56 Å². The van der Waals surface area contributed by atoms with Crippen molar-refractivity contribution in [2.75, 3.05) is 19.5 Å². The molecule has 0 bridgehead atoms. The molecular weight excluding hydrogens is 348 g/mol. The number of rotatable bonds is 7. The Morgan fingerprint density at radius 3 is 2.32 bits per heavy atom. The van der Waals surface area contributed by atoms with Crippen LogP contribution in [0.15, 0.2) is 54.2 Å². The molecule has 4 nitrogen and oxygen atoms in total.